The van der Waals surface area contributed by atoms with Crippen LogP contribution in [0.2, 0.25) is 0 Å². The van der Waals surface area contributed by atoms with E-state index >= 15 is 0 Å². The molecule has 0 amide bonds. The van der Waals surface area contributed by atoms with E-state index in [0.717, 1.165) is 0 Å². The fraction of sp³-hybridized carbons (Fsp3) is 0. The van der Waals surface area contributed by atoms with Gasteiger partial charge in [0.15, 0.2) is 0 Å². The lowest BCUT2D eigenvalue weighted by Gasteiger charge is -2.04. The molecule has 0 saturated carbocycles. The van der Waals surface area contributed by atoms with Gasteiger partial charge in [-0.2, -0.15) is 0 Å². The summed E-state index contributed by atoms with van der Waals surface area (Å²) >= 11 is -6.52. The molecule has 2 atom stereocenters. The molecule has 0 saturated heterocycles. The Morgan fingerprint density at radius 2 is 1.64 bits per heavy atom. The van der Waals surface area contributed by atoms with Crippen LogP contribution in [0, 0.1) is 0 Å². The van der Waals surface area contributed by atoms with Crippen molar-refractivity contribution in [1.82, 2.24) is 0 Å². The molecular weight excluding hydrogens is 200 g/mol. The van der Waals surface area contributed by atoms with Gasteiger partial charge in [-0.3, -0.25) is 9.00 Å². The summed E-state index contributed by atoms with van der Waals surface area (Å²) in [6, 6.07) is 0. The molecule has 7 nitrogen and oxygen atoms in total. The van der Waals surface area contributed by atoms with Crippen LogP contribution in [-0.2, 0) is 36.2 Å². The number of rotatable bonds is 1. The van der Waals surface area contributed by atoms with E-state index in [-0.39, 0.29) is 0 Å². The normalized spacial score (nSPS) is 15.1. The van der Waals surface area contributed by atoms with Gasteiger partial charge < -0.3 is 13.3 Å². The van der Waals surface area contributed by atoms with Crippen LogP contribution in [0.15, 0.2) is 0 Å². The van der Waals surface area contributed by atoms with Gasteiger partial charge in [-0.25, -0.2) is 9.00 Å². The highest BCUT2D eigenvalue weighted by atomic mass is 32.2. The molecule has 0 aliphatic rings. The summed E-state index contributed by atoms with van der Waals surface area (Å²) in [5.74, 6) is -1.95. The second-order valence-corrected chi connectivity index (χ2v) is 2.51. The molecule has 0 aromatic carbocycles. The molecule has 0 bridgehead atoms. The topological polar surface area (TPSA) is 124 Å². The lowest BCUT2D eigenvalue weighted by Crippen LogP contribution is -2.22. The Morgan fingerprint density at radius 1 is 1.18 bits per heavy atom. The summed E-state index contributed by atoms with van der Waals surface area (Å²) < 4.78 is 41.6. The molecule has 0 radical (unpaired) electrons. The Morgan fingerprint density at radius 3 is 1.91 bits per heavy atom. The van der Waals surface area contributed by atoms with E-state index in [1.165, 1.54) is 0 Å². The maximum Gasteiger partial charge on any atom is 0.400 e. The minimum atomic E-state index is -3.29. The standard InChI is InChI=1S/C2H2O7S2/c3-1(9-11(7)8)2(4)10(5)6/h(H,5,6)(H,7,8)/p-2. The maximum absolute atomic E-state index is 10.0. The van der Waals surface area contributed by atoms with Crippen molar-refractivity contribution in [2.45, 2.75) is 0 Å². The first-order valence-corrected chi connectivity index (χ1v) is 3.97. The summed E-state index contributed by atoms with van der Waals surface area (Å²) in [5, 5.41) is -1.94. The van der Waals surface area contributed by atoms with Crippen molar-refractivity contribution in [2.75, 3.05) is 0 Å². The zero-order valence-electron chi connectivity index (χ0n) is 4.67. The first-order chi connectivity index (χ1) is 4.95. The predicted molar refractivity (Wildman–Crippen MR) is 28.9 cm³/mol. The minimum Gasteiger partial charge on any atom is -0.766 e. The highest BCUT2D eigenvalue weighted by Gasteiger charge is 2.16. The van der Waals surface area contributed by atoms with Gasteiger partial charge >= 0.3 is 11.1 Å². The molecule has 2 unspecified atom stereocenters. The van der Waals surface area contributed by atoms with Gasteiger partial charge in [-0.1, -0.05) is 0 Å². The monoisotopic (exact) mass is 200 g/mol. The van der Waals surface area contributed by atoms with E-state index in [2.05, 4.69) is 4.18 Å². The van der Waals surface area contributed by atoms with E-state index in [9.17, 15) is 27.1 Å². The van der Waals surface area contributed by atoms with E-state index in [4.69, 9.17) is 0 Å². The van der Waals surface area contributed by atoms with Gasteiger partial charge in [0, 0.05) is 11.1 Å². The molecule has 0 aliphatic carbocycles. The zero-order valence-corrected chi connectivity index (χ0v) is 6.31. The van der Waals surface area contributed by atoms with Crippen LogP contribution in [0.1, 0.15) is 0 Å². The van der Waals surface area contributed by atoms with Gasteiger partial charge in [-0.05, 0) is 0 Å². The third kappa shape index (κ3) is 3.93. The second kappa shape index (κ2) is 4.28. The summed E-state index contributed by atoms with van der Waals surface area (Å²) in [7, 11) is 0. The molecule has 0 rings (SSSR count). The predicted octanol–water partition coefficient (Wildman–Crippen LogP) is -2.27. The molecule has 0 aromatic heterocycles. The van der Waals surface area contributed by atoms with E-state index in [1.54, 1.807) is 0 Å². The molecule has 11 heavy (non-hydrogen) atoms. The van der Waals surface area contributed by atoms with Crippen molar-refractivity contribution in [3.05, 3.63) is 0 Å². The molecule has 0 spiro atoms. The Bertz CT molecular complexity index is 231. The quantitative estimate of drug-likeness (QED) is 0.345. The molecule has 0 aliphatic heterocycles. The largest absolute Gasteiger partial charge is 0.766 e. The van der Waals surface area contributed by atoms with Gasteiger partial charge in [0.1, 0.15) is 11.4 Å². The average Bonchev–Trinajstić information content (AvgIpc) is 1.84. The van der Waals surface area contributed by atoms with Crippen LogP contribution in [0.3, 0.4) is 0 Å². The van der Waals surface area contributed by atoms with E-state index in [1.807, 2.05) is 0 Å². The van der Waals surface area contributed by atoms with Gasteiger partial charge in [0.25, 0.3) is 0 Å². The van der Waals surface area contributed by atoms with Crippen molar-refractivity contribution in [3.8, 4) is 0 Å². The average molecular weight is 200 g/mol. The van der Waals surface area contributed by atoms with Crippen LogP contribution in [0.4, 0.5) is 0 Å². The number of carbonyl (C=O) groups excluding carboxylic acids is 2. The summed E-state index contributed by atoms with van der Waals surface area (Å²) in [6.07, 6.45) is 0. The van der Waals surface area contributed by atoms with Crippen LogP contribution in [0.5, 0.6) is 0 Å². The first-order valence-electron chi connectivity index (χ1n) is 1.90. The van der Waals surface area contributed by atoms with Gasteiger partial charge in [0.2, 0.25) is 0 Å². The molecule has 0 aromatic rings. The second-order valence-electron chi connectivity index (χ2n) is 1.10. The lowest BCUT2D eigenvalue weighted by atomic mass is 10.8. The third-order valence-corrected chi connectivity index (χ3v) is 1.22. The highest BCUT2D eigenvalue weighted by molar-refractivity contribution is 7.97. The zero-order chi connectivity index (χ0) is 9.02. The fourth-order valence-electron chi connectivity index (χ4n) is 0.164. The SMILES string of the molecule is O=C(OS(=O)[O-])C(=O)S(=O)[O-]. The molecule has 64 valence electrons. The number of carbonyl (C=O) groups is 2. The van der Waals surface area contributed by atoms with Crippen molar-refractivity contribution < 1.29 is 31.3 Å². The smallest absolute Gasteiger partial charge is 0.400 e. The molecular formula is C2O7S2-2. The Balaban J connectivity index is 4.16. The van der Waals surface area contributed by atoms with E-state index < -0.39 is 33.5 Å². The van der Waals surface area contributed by atoms with E-state index in [0.29, 0.717) is 0 Å². The van der Waals surface area contributed by atoms with Crippen LogP contribution in [0.25, 0.3) is 0 Å². The highest BCUT2D eigenvalue weighted by Crippen LogP contribution is 1.86. The third-order valence-electron chi connectivity index (χ3n) is 0.462. The molecule has 0 heterocycles. The first kappa shape index (κ1) is 10.4. The lowest BCUT2D eigenvalue weighted by molar-refractivity contribution is -0.142. The molecule has 9 heteroatoms. The molecule has 0 N–H and O–H groups in total. The summed E-state index contributed by atoms with van der Waals surface area (Å²) in [4.78, 5) is 20.1. The molecule has 0 fully saturated rings. The Hall–Kier alpha value is -0.640. The maximum atomic E-state index is 10.0. The number of hydrogen-bond acceptors (Lipinski definition) is 7. The van der Waals surface area contributed by atoms with Crippen LogP contribution >= 0.6 is 0 Å². The van der Waals surface area contributed by atoms with Crippen molar-refractivity contribution >= 4 is 33.5 Å². The fourth-order valence-corrected chi connectivity index (χ4v) is 0.594. The van der Waals surface area contributed by atoms with Crippen LogP contribution < -0.4 is 0 Å². The van der Waals surface area contributed by atoms with Gasteiger partial charge in [0.05, 0.1) is 0 Å². The minimum absolute atomic E-state index is 1.94. The van der Waals surface area contributed by atoms with Crippen molar-refractivity contribution in [1.29, 1.82) is 0 Å². The summed E-state index contributed by atoms with van der Waals surface area (Å²) in [5.41, 5.74) is 0. The Labute approximate surface area is 65.5 Å². The summed E-state index contributed by atoms with van der Waals surface area (Å²) in [6.45, 7) is 0. The van der Waals surface area contributed by atoms with Crippen LogP contribution in [-0.4, -0.2) is 28.6 Å². The number of hydrogen-bond donors (Lipinski definition) is 0. The van der Waals surface area contributed by atoms with Crippen molar-refractivity contribution in [3.63, 3.8) is 0 Å². The van der Waals surface area contributed by atoms with Crippen molar-refractivity contribution in [2.24, 2.45) is 0 Å². The Kier molecular flexibility index (Phi) is 4.03. The van der Waals surface area contributed by atoms with Gasteiger partial charge in [-0.15, -0.1) is 0 Å².